The summed E-state index contributed by atoms with van der Waals surface area (Å²) >= 11 is 0. The van der Waals surface area contributed by atoms with E-state index in [-0.39, 0.29) is 6.61 Å². The highest BCUT2D eigenvalue weighted by Crippen LogP contribution is 2.40. The highest BCUT2D eigenvalue weighted by Gasteiger charge is 2.38. The van der Waals surface area contributed by atoms with Gasteiger partial charge in [0.15, 0.2) is 5.76 Å². The summed E-state index contributed by atoms with van der Waals surface area (Å²) in [7, 11) is 0. The Morgan fingerprint density at radius 3 is 1.46 bits per heavy atom. The Morgan fingerprint density at radius 1 is 0.538 bits per heavy atom. The number of ether oxygens (including phenoxy) is 3. The number of aromatic nitrogens is 1. The van der Waals surface area contributed by atoms with E-state index < -0.39 is 11.7 Å². The number of rotatable bonds is 26. The van der Waals surface area contributed by atoms with Crippen LogP contribution in [0.1, 0.15) is 114 Å². The molecule has 1 heterocycles. The van der Waals surface area contributed by atoms with Gasteiger partial charge in [-0.1, -0.05) is 212 Å². The van der Waals surface area contributed by atoms with Gasteiger partial charge in [-0.25, -0.2) is 0 Å². The third-order valence-electron chi connectivity index (χ3n) is 9.81. The van der Waals surface area contributed by atoms with E-state index in [1.54, 1.807) is 0 Å². The van der Waals surface area contributed by atoms with Gasteiger partial charge < -0.3 is 18.7 Å². The first kappa shape index (κ1) is 39.0. The maximum Gasteiger partial charge on any atom is 0.255 e. The first-order valence-electron chi connectivity index (χ1n) is 19.9. The van der Waals surface area contributed by atoms with Crippen LogP contribution in [-0.2, 0) is 15.1 Å². The van der Waals surface area contributed by atoms with Crippen molar-refractivity contribution in [2.75, 3.05) is 19.8 Å². The van der Waals surface area contributed by atoms with Gasteiger partial charge in [0.25, 0.3) is 5.88 Å². The molecule has 0 bridgehead atoms. The molecule has 0 radical (unpaired) electrons. The van der Waals surface area contributed by atoms with Crippen molar-refractivity contribution < 1.29 is 18.7 Å². The van der Waals surface area contributed by atoms with E-state index in [4.69, 9.17) is 18.7 Å². The van der Waals surface area contributed by atoms with E-state index in [1.807, 2.05) is 54.6 Å². The first-order valence-corrected chi connectivity index (χ1v) is 19.9. The molecule has 0 spiro atoms. The van der Waals surface area contributed by atoms with Crippen molar-refractivity contribution in [3.63, 3.8) is 0 Å². The molecule has 4 aromatic carbocycles. The lowest BCUT2D eigenvalue weighted by atomic mass is 9.80. The van der Waals surface area contributed by atoms with Crippen LogP contribution in [-0.4, -0.2) is 31.1 Å². The summed E-state index contributed by atoms with van der Waals surface area (Å²) in [4.78, 5) is 0. The molecule has 0 saturated carbocycles. The molecule has 1 atom stereocenters. The second kappa shape index (κ2) is 22.7. The minimum atomic E-state index is -0.862. The maximum atomic E-state index is 7.13. The number of hydrogen-bond acceptors (Lipinski definition) is 5. The molecule has 0 aliphatic heterocycles. The van der Waals surface area contributed by atoms with Crippen molar-refractivity contribution in [2.45, 2.75) is 109 Å². The number of benzene rings is 4. The minimum absolute atomic E-state index is 0.269. The average Bonchev–Trinajstić information content (AvgIpc) is 3.68. The predicted molar refractivity (Wildman–Crippen MR) is 213 cm³/mol. The molecule has 52 heavy (non-hydrogen) atoms. The van der Waals surface area contributed by atoms with Gasteiger partial charge in [-0.15, -0.1) is 0 Å². The van der Waals surface area contributed by atoms with Crippen LogP contribution in [0.2, 0.25) is 0 Å². The average molecular weight is 702 g/mol. The summed E-state index contributed by atoms with van der Waals surface area (Å²) in [6, 6.07) is 43.1. The van der Waals surface area contributed by atoms with Gasteiger partial charge in [0.1, 0.15) is 11.7 Å². The van der Waals surface area contributed by atoms with Crippen molar-refractivity contribution in [3.05, 3.63) is 144 Å². The fourth-order valence-electron chi connectivity index (χ4n) is 6.94. The molecule has 0 N–H and O–H groups in total. The first-order chi connectivity index (χ1) is 25.8. The Hall–Kier alpha value is -4.19. The summed E-state index contributed by atoms with van der Waals surface area (Å²) in [6.07, 6.45) is 18.3. The third-order valence-corrected chi connectivity index (χ3v) is 9.81. The lowest BCUT2D eigenvalue weighted by Gasteiger charge is -2.37. The van der Waals surface area contributed by atoms with Gasteiger partial charge >= 0.3 is 0 Å². The Bertz CT molecular complexity index is 1510. The van der Waals surface area contributed by atoms with Crippen LogP contribution in [0.15, 0.2) is 132 Å². The fraction of sp³-hybridized carbons (Fsp3) is 0.426. The van der Waals surface area contributed by atoms with Gasteiger partial charge in [0.05, 0.1) is 13.2 Å². The van der Waals surface area contributed by atoms with E-state index in [1.165, 1.54) is 83.5 Å². The summed E-state index contributed by atoms with van der Waals surface area (Å²) in [5.74, 6) is 1.07. The fourth-order valence-corrected chi connectivity index (χ4v) is 6.94. The zero-order valence-electron chi connectivity index (χ0n) is 31.3. The smallest absolute Gasteiger partial charge is 0.255 e. The molecule has 0 fully saturated rings. The molecule has 0 amide bonds. The van der Waals surface area contributed by atoms with Gasteiger partial charge in [-0.2, -0.15) is 0 Å². The van der Waals surface area contributed by atoms with E-state index in [9.17, 15) is 0 Å². The third kappa shape index (κ3) is 12.2. The molecule has 5 heteroatoms. The summed E-state index contributed by atoms with van der Waals surface area (Å²) in [5, 5.41) is 4.27. The van der Waals surface area contributed by atoms with E-state index in [0.29, 0.717) is 24.9 Å². The molecule has 1 aromatic heterocycles. The molecule has 276 valence electrons. The van der Waals surface area contributed by atoms with Gasteiger partial charge in [-0.3, -0.25) is 0 Å². The highest BCUT2D eigenvalue weighted by molar-refractivity contribution is 5.57. The normalized spacial score (nSPS) is 12.2. The number of unbranched alkanes of at least 4 members (excludes halogenated alkanes) is 13. The van der Waals surface area contributed by atoms with Crippen LogP contribution in [0, 0.1) is 0 Å². The predicted octanol–water partition coefficient (Wildman–Crippen LogP) is 12.6. The molecule has 5 rings (SSSR count). The Kier molecular flexibility index (Phi) is 17.0. The zero-order chi connectivity index (χ0) is 35.9. The molecule has 0 aliphatic carbocycles. The van der Waals surface area contributed by atoms with Crippen LogP contribution in [0.3, 0.4) is 0 Å². The monoisotopic (exact) mass is 701 g/mol. The second-order valence-corrected chi connectivity index (χ2v) is 13.9. The summed E-state index contributed by atoms with van der Waals surface area (Å²) in [5.41, 5.74) is 3.22. The SMILES string of the molecule is CCCCCCCCCCCCCCCCOC[C@@H](COC(c1ccccc1)(c1ccccc1)c1ccccc1)Oc1cc(-c2ccccc2)on1. The van der Waals surface area contributed by atoms with Crippen LogP contribution in [0.5, 0.6) is 5.88 Å². The van der Waals surface area contributed by atoms with E-state index >= 15 is 0 Å². The summed E-state index contributed by atoms with van der Waals surface area (Å²) in [6.45, 7) is 3.62. The second-order valence-electron chi connectivity index (χ2n) is 13.9. The van der Waals surface area contributed by atoms with Crippen molar-refractivity contribution >= 4 is 0 Å². The molecule has 0 saturated heterocycles. The Labute approximate surface area is 312 Å². The zero-order valence-corrected chi connectivity index (χ0v) is 31.3. The lowest BCUT2D eigenvalue weighted by Crippen LogP contribution is -2.38. The van der Waals surface area contributed by atoms with Gasteiger partial charge in [0.2, 0.25) is 0 Å². The van der Waals surface area contributed by atoms with Gasteiger partial charge in [0, 0.05) is 18.2 Å². The van der Waals surface area contributed by atoms with Crippen LogP contribution >= 0.6 is 0 Å². The van der Waals surface area contributed by atoms with E-state index in [0.717, 1.165) is 28.7 Å². The van der Waals surface area contributed by atoms with Gasteiger partial charge in [-0.05, 0) is 28.3 Å². The largest absolute Gasteiger partial charge is 0.467 e. The van der Waals surface area contributed by atoms with Crippen molar-refractivity contribution in [3.8, 4) is 17.2 Å². The maximum absolute atomic E-state index is 7.13. The standard InChI is InChI=1S/C47H59NO4/c1-2-3-4-5-6-7-8-9-10-11-12-13-14-27-36-49-38-44(51-46-37-45(52-48-46)40-28-19-15-20-29-40)39-50-47(41-30-21-16-22-31-41,42-32-23-17-24-33-42)43-34-25-18-26-35-43/h15-26,28-35,37,44H,2-14,27,36,38-39H2,1H3/t44-/m0/s1. The topological polar surface area (TPSA) is 53.7 Å². The molecule has 5 aromatic rings. The Morgan fingerprint density at radius 2 is 0.981 bits per heavy atom. The molecule has 0 aliphatic rings. The van der Waals surface area contributed by atoms with Crippen molar-refractivity contribution in [1.29, 1.82) is 0 Å². The quantitative estimate of drug-likeness (QED) is 0.0424. The van der Waals surface area contributed by atoms with Crippen LogP contribution in [0.25, 0.3) is 11.3 Å². The molecule has 5 nitrogen and oxygen atoms in total. The Balaban J connectivity index is 1.18. The molecular formula is C47H59NO4. The minimum Gasteiger partial charge on any atom is -0.467 e. The lowest BCUT2D eigenvalue weighted by molar-refractivity contribution is -0.0570. The number of nitrogens with zero attached hydrogens (tertiary/aromatic N) is 1. The highest BCUT2D eigenvalue weighted by atomic mass is 16.6. The molecule has 0 unspecified atom stereocenters. The van der Waals surface area contributed by atoms with Crippen molar-refractivity contribution in [1.82, 2.24) is 5.16 Å². The molecular weight excluding hydrogens is 643 g/mol. The van der Waals surface area contributed by atoms with Crippen molar-refractivity contribution in [2.24, 2.45) is 0 Å². The number of hydrogen-bond donors (Lipinski definition) is 0. The van der Waals surface area contributed by atoms with Crippen LogP contribution in [0.4, 0.5) is 0 Å². The summed E-state index contributed by atoms with van der Waals surface area (Å²) < 4.78 is 25.6. The van der Waals surface area contributed by atoms with E-state index in [2.05, 4.69) is 84.9 Å². The van der Waals surface area contributed by atoms with Crippen LogP contribution < -0.4 is 4.74 Å².